The number of hydrogen-bond acceptors (Lipinski definition) is 4. The zero-order valence-corrected chi connectivity index (χ0v) is 14.3. The Morgan fingerprint density at radius 2 is 1.92 bits per heavy atom. The molecule has 0 bridgehead atoms. The first-order valence-electron chi connectivity index (χ1n) is 8.03. The van der Waals surface area contributed by atoms with Gasteiger partial charge in [0.15, 0.2) is 0 Å². The van der Waals surface area contributed by atoms with Gasteiger partial charge in [0.05, 0.1) is 6.54 Å². The molecule has 3 aliphatic heterocycles. The van der Waals surface area contributed by atoms with Crippen LogP contribution in [0.1, 0.15) is 11.1 Å². The number of imide groups is 1. The van der Waals surface area contributed by atoms with E-state index >= 15 is 0 Å². The Balaban J connectivity index is 1.80. The molecule has 3 aliphatic rings. The average molecular weight is 326 g/mol. The van der Waals surface area contributed by atoms with E-state index in [-0.39, 0.29) is 11.9 Å². The summed E-state index contributed by atoms with van der Waals surface area (Å²) in [4.78, 5) is 34.2. The lowest BCUT2D eigenvalue weighted by Crippen LogP contribution is -2.61. The van der Waals surface area contributed by atoms with Crippen molar-refractivity contribution in [1.29, 1.82) is 0 Å². The Morgan fingerprint density at radius 1 is 1.17 bits per heavy atom. The van der Waals surface area contributed by atoms with Crippen LogP contribution in [0.5, 0.6) is 0 Å². The molecule has 0 aliphatic carbocycles. The van der Waals surface area contributed by atoms with Crippen LogP contribution in [0.25, 0.3) is 0 Å². The second-order valence-corrected chi connectivity index (χ2v) is 6.48. The van der Waals surface area contributed by atoms with E-state index in [0.29, 0.717) is 12.4 Å². The van der Waals surface area contributed by atoms with Gasteiger partial charge in [-0.2, -0.15) is 0 Å². The van der Waals surface area contributed by atoms with E-state index in [1.165, 1.54) is 28.0 Å². The molecular formula is C17H20N5O2+. The number of carbonyl (C=O) groups is 2. The lowest BCUT2D eigenvalue weighted by molar-refractivity contribution is -0.525. The number of benzene rings is 1. The number of guanidine groups is 1. The third kappa shape index (κ3) is 1.78. The Labute approximate surface area is 140 Å². The van der Waals surface area contributed by atoms with E-state index in [4.69, 9.17) is 0 Å². The predicted octanol–water partition coefficient (Wildman–Crippen LogP) is 0.796. The molecule has 1 aromatic carbocycles. The number of fused-ring (bicyclic) bond motifs is 2. The number of aryl methyl sites for hydroxylation is 1. The maximum absolute atomic E-state index is 12.6. The van der Waals surface area contributed by atoms with Crippen molar-refractivity contribution in [2.45, 2.75) is 19.9 Å². The van der Waals surface area contributed by atoms with Crippen LogP contribution in [0.2, 0.25) is 0 Å². The van der Waals surface area contributed by atoms with Crippen molar-refractivity contribution >= 4 is 29.4 Å². The SMILES string of the molecule is Cc1cccc(N2CC[N+]3=C2N=C2C3C(=O)N(C)C(=O)N2C)c1C. The van der Waals surface area contributed by atoms with Gasteiger partial charge in [0.1, 0.15) is 12.2 Å². The van der Waals surface area contributed by atoms with E-state index < -0.39 is 6.04 Å². The van der Waals surface area contributed by atoms with Gasteiger partial charge in [-0.15, -0.1) is 0 Å². The average Bonchev–Trinajstić information content (AvgIpc) is 3.13. The Morgan fingerprint density at radius 3 is 2.67 bits per heavy atom. The highest BCUT2D eigenvalue weighted by Gasteiger charge is 2.54. The van der Waals surface area contributed by atoms with E-state index in [1.54, 1.807) is 7.05 Å². The normalized spacial score (nSPS) is 23.1. The highest BCUT2D eigenvalue weighted by molar-refractivity contribution is 6.24. The summed E-state index contributed by atoms with van der Waals surface area (Å²) in [6.45, 7) is 5.67. The van der Waals surface area contributed by atoms with Crippen LogP contribution < -0.4 is 4.90 Å². The van der Waals surface area contributed by atoms with Gasteiger partial charge in [-0.1, -0.05) is 17.1 Å². The molecule has 0 spiro atoms. The molecule has 0 radical (unpaired) electrons. The van der Waals surface area contributed by atoms with E-state index in [1.807, 2.05) is 10.6 Å². The topological polar surface area (TPSA) is 59.2 Å². The molecule has 124 valence electrons. The summed E-state index contributed by atoms with van der Waals surface area (Å²) >= 11 is 0. The number of nitrogens with zero attached hydrogens (tertiary/aromatic N) is 5. The number of rotatable bonds is 1. The molecule has 1 aromatic rings. The fourth-order valence-electron chi connectivity index (χ4n) is 3.59. The minimum Gasteiger partial charge on any atom is -0.270 e. The second-order valence-electron chi connectivity index (χ2n) is 6.48. The molecule has 1 saturated heterocycles. The van der Waals surface area contributed by atoms with Crippen LogP contribution in [-0.2, 0) is 4.79 Å². The third-order valence-electron chi connectivity index (χ3n) is 5.18. The highest BCUT2D eigenvalue weighted by atomic mass is 16.2. The summed E-state index contributed by atoms with van der Waals surface area (Å²) in [7, 11) is 3.19. The van der Waals surface area contributed by atoms with E-state index in [0.717, 1.165) is 18.2 Å². The number of amidine groups is 1. The van der Waals surface area contributed by atoms with Gasteiger partial charge in [-0.3, -0.25) is 14.6 Å². The van der Waals surface area contributed by atoms with E-state index in [9.17, 15) is 9.59 Å². The minimum atomic E-state index is -0.497. The zero-order chi connectivity index (χ0) is 17.2. The molecule has 7 heteroatoms. The van der Waals surface area contributed by atoms with Crippen molar-refractivity contribution in [2.24, 2.45) is 4.99 Å². The van der Waals surface area contributed by atoms with Crippen molar-refractivity contribution in [3.63, 3.8) is 0 Å². The van der Waals surface area contributed by atoms with Crippen LogP contribution >= 0.6 is 0 Å². The summed E-state index contributed by atoms with van der Waals surface area (Å²) < 4.78 is 2.00. The lowest BCUT2D eigenvalue weighted by Gasteiger charge is -2.31. The third-order valence-corrected chi connectivity index (χ3v) is 5.18. The molecule has 3 heterocycles. The quantitative estimate of drug-likeness (QED) is 0.717. The number of urea groups is 1. The smallest absolute Gasteiger partial charge is 0.270 e. The van der Waals surface area contributed by atoms with Crippen molar-refractivity contribution < 1.29 is 14.2 Å². The Hall–Kier alpha value is -2.70. The molecule has 7 nitrogen and oxygen atoms in total. The van der Waals surface area contributed by atoms with Crippen LogP contribution in [0, 0.1) is 13.8 Å². The summed E-state index contributed by atoms with van der Waals surface area (Å²) in [5, 5.41) is 0. The summed E-state index contributed by atoms with van der Waals surface area (Å²) in [6, 6.07) is 5.36. The first kappa shape index (κ1) is 14.9. The van der Waals surface area contributed by atoms with Crippen molar-refractivity contribution in [3.05, 3.63) is 29.3 Å². The van der Waals surface area contributed by atoms with Crippen LogP contribution in [0.4, 0.5) is 10.5 Å². The molecule has 0 saturated carbocycles. The van der Waals surface area contributed by atoms with Crippen LogP contribution in [0.3, 0.4) is 0 Å². The van der Waals surface area contributed by atoms with Gasteiger partial charge in [0.2, 0.25) is 11.9 Å². The molecular weight excluding hydrogens is 306 g/mol. The first-order chi connectivity index (χ1) is 11.4. The molecule has 1 unspecified atom stereocenters. The maximum Gasteiger partial charge on any atom is 0.397 e. The van der Waals surface area contributed by atoms with Crippen molar-refractivity contribution in [2.75, 3.05) is 32.1 Å². The number of likely N-dealkylation sites (N-methyl/N-ethyl adjacent to an activating group) is 2. The number of anilines is 1. The molecule has 0 aromatic heterocycles. The first-order valence-corrected chi connectivity index (χ1v) is 8.03. The fourth-order valence-corrected chi connectivity index (χ4v) is 3.59. The van der Waals surface area contributed by atoms with Gasteiger partial charge in [0.25, 0.3) is 5.91 Å². The molecule has 4 rings (SSSR count). The number of hydrogen-bond donors (Lipinski definition) is 0. The van der Waals surface area contributed by atoms with E-state index in [2.05, 4.69) is 35.9 Å². The molecule has 0 N–H and O–H groups in total. The minimum absolute atomic E-state index is 0.213. The number of carbonyl (C=O) groups excluding carboxylic acids is 2. The summed E-state index contributed by atoms with van der Waals surface area (Å²) in [5.74, 6) is 1.06. The standard InChI is InChI=1S/C17H20N5O2/c1-10-6-5-7-12(11(10)2)21-8-9-22-13-14(18-16(21)22)19(3)17(24)20(4)15(13)23/h5-7,13H,8-9H2,1-4H3/q+1. The van der Waals surface area contributed by atoms with Crippen molar-refractivity contribution in [3.8, 4) is 0 Å². The van der Waals surface area contributed by atoms with Gasteiger partial charge in [-0.25, -0.2) is 14.3 Å². The molecule has 1 fully saturated rings. The van der Waals surface area contributed by atoms with Gasteiger partial charge in [-0.05, 0) is 31.0 Å². The molecule has 3 amide bonds. The van der Waals surface area contributed by atoms with Gasteiger partial charge in [0, 0.05) is 14.1 Å². The van der Waals surface area contributed by atoms with Crippen LogP contribution in [0.15, 0.2) is 23.2 Å². The summed E-state index contributed by atoms with van der Waals surface area (Å²) in [5.41, 5.74) is 3.53. The van der Waals surface area contributed by atoms with Gasteiger partial charge >= 0.3 is 12.0 Å². The largest absolute Gasteiger partial charge is 0.397 e. The Kier molecular flexibility index (Phi) is 3.03. The number of amides is 3. The maximum atomic E-state index is 12.6. The monoisotopic (exact) mass is 326 g/mol. The van der Waals surface area contributed by atoms with Crippen molar-refractivity contribution in [1.82, 2.24) is 9.80 Å². The molecule has 24 heavy (non-hydrogen) atoms. The Bertz CT molecular complexity index is 841. The molecule has 1 atom stereocenters. The summed E-state index contributed by atoms with van der Waals surface area (Å²) in [6.07, 6.45) is 0. The van der Waals surface area contributed by atoms with Crippen LogP contribution in [-0.4, -0.2) is 71.3 Å². The highest BCUT2D eigenvalue weighted by Crippen LogP contribution is 2.29. The lowest BCUT2D eigenvalue weighted by atomic mass is 10.1. The second kappa shape index (κ2) is 4.90. The predicted molar refractivity (Wildman–Crippen MR) is 90.5 cm³/mol. The zero-order valence-electron chi connectivity index (χ0n) is 14.3. The number of aliphatic imine (C=N–C) groups is 1. The van der Waals surface area contributed by atoms with Gasteiger partial charge < -0.3 is 0 Å². The fraction of sp³-hybridized carbons (Fsp3) is 0.412.